The molecule has 27 heavy (non-hydrogen) atoms. The van der Waals surface area contributed by atoms with Gasteiger partial charge in [0.25, 0.3) is 11.6 Å². The SMILES string of the molecule is O=C(O)Cc1csc(N2C(=O)CC(Nc3cc([N+](=O)[O-])ccc3O)C2=O)n1. The quantitative estimate of drug-likeness (QED) is 0.283. The first-order valence-corrected chi connectivity index (χ1v) is 8.41. The molecule has 1 aliphatic heterocycles. The average molecular weight is 392 g/mol. The number of nitrogens with zero attached hydrogens (tertiary/aromatic N) is 3. The number of carbonyl (C=O) groups is 3. The first-order chi connectivity index (χ1) is 12.8. The molecule has 12 heteroatoms. The molecule has 0 spiro atoms. The normalized spacial score (nSPS) is 16.6. The van der Waals surface area contributed by atoms with Crippen molar-refractivity contribution < 1.29 is 29.5 Å². The Morgan fingerprint density at radius 3 is 2.85 bits per heavy atom. The molecule has 140 valence electrons. The molecule has 3 rings (SSSR count). The summed E-state index contributed by atoms with van der Waals surface area (Å²) < 4.78 is 0. The summed E-state index contributed by atoms with van der Waals surface area (Å²) in [6.07, 6.45) is -0.579. The Morgan fingerprint density at radius 2 is 2.19 bits per heavy atom. The van der Waals surface area contributed by atoms with E-state index in [0.717, 1.165) is 34.4 Å². The number of phenolic OH excluding ortho intramolecular Hbond substituents is 1. The molecule has 1 aromatic carbocycles. The average Bonchev–Trinajstić information content (AvgIpc) is 3.13. The van der Waals surface area contributed by atoms with E-state index >= 15 is 0 Å². The number of aliphatic carboxylic acids is 1. The van der Waals surface area contributed by atoms with Crippen LogP contribution in [0.2, 0.25) is 0 Å². The molecule has 1 atom stereocenters. The highest BCUT2D eigenvalue weighted by molar-refractivity contribution is 7.14. The molecule has 11 nitrogen and oxygen atoms in total. The Hall–Kier alpha value is -3.54. The van der Waals surface area contributed by atoms with Crippen molar-refractivity contribution in [1.29, 1.82) is 0 Å². The summed E-state index contributed by atoms with van der Waals surface area (Å²) in [5.74, 6) is -2.61. The maximum atomic E-state index is 12.6. The van der Waals surface area contributed by atoms with Crippen molar-refractivity contribution in [1.82, 2.24) is 4.98 Å². The first-order valence-electron chi connectivity index (χ1n) is 7.53. The molecule has 0 bridgehead atoms. The molecule has 2 aromatic rings. The number of anilines is 2. The second kappa shape index (κ2) is 6.99. The number of benzene rings is 1. The van der Waals surface area contributed by atoms with Gasteiger partial charge in [0, 0.05) is 17.5 Å². The van der Waals surface area contributed by atoms with Crippen LogP contribution in [0.15, 0.2) is 23.6 Å². The third-order valence-electron chi connectivity index (χ3n) is 3.73. The van der Waals surface area contributed by atoms with Crippen LogP contribution < -0.4 is 10.2 Å². The molecule has 1 aromatic heterocycles. The van der Waals surface area contributed by atoms with Crippen molar-refractivity contribution in [2.24, 2.45) is 0 Å². The van der Waals surface area contributed by atoms with E-state index < -0.39 is 28.7 Å². The summed E-state index contributed by atoms with van der Waals surface area (Å²) in [5.41, 5.74) is -0.124. The van der Waals surface area contributed by atoms with Gasteiger partial charge in [-0.3, -0.25) is 24.5 Å². The Bertz CT molecular complexity index is 957. The van der Waals surface area contributed by atoms with E-state index in [-0.39, 0.29) is 40.8 Å². The number of nitro benzene ring substituents is 1. The van der Waals surface area contributed by atoms with Crippen molar-refractivity contribution >= 4 is 45.6 Å². The number of non-ortho nitro benzene ring substituents is 1. The zero-order valence-electron chi connectivity index (χ0n) is 13.5. The van der Waals surface area contributed by atoms with E-state index in [2.05, 4.69) is 10.3 Å². The minimum absolute atomic E-state index is 0.0498. The highest BCUT2D eigenvalue weighted by Crippen LogP contribution is 2.32. The van der Waals surface area contributed by atoms with Gasteiger partial charge in [-0.25, -0.2) is 9.88 Å². The van der Waals surface area contributed by atoms with E-state index in [0.29, 0.717) is 0 Å². The van der Waals surface area contributed by atoms with Crippen LogP contribution in [0.1, 0.15) is 12.1 Å². The molecular weight excluding hydrogens is 380 g/mol. The van der Waals surface area contributed by atoms with Gasteiger partial charge >= 0.3 is 5.97 Å². The van der Waals surface area contributed by atoms with Crippen LogP contribution >= 0.6 is 11.3 Å². The molecule has 2 heterocycles. The number of carbonyl (C=O) groups excluding carboxylic acids is 2. The number of rotatable bonds is 6. The third-order valence-corrected chi connectivity index (χ3v) is 4.61. The Labute approximate surface area is 155 Å². The molecule has 0 saturated carbocycles. The zero-order valence-corrected chi connectivity index (χ0v) is 14.3. The summed E-state index contributed by atoms with van der Waals surface area (Å²) in [6, 6.07) is 2.23. The Kier molecular flexibility index (Phi) is 4.73. The van der Waals surface area contributed by atoms with Crippen LogP contribution in [-0.4, -0.2) is 43.9 Å². The molecule has 1 unspecified atom stereocenters. The summed E-state index contributed by atoms with van der Waals surface area (Å²) in [4.78, 5) is 50.5. The van der Waals surface area contributed by atoms with Crippen molar-refractivity contribution in [2.75, 3.05) is 10.2 Å². The van der Waals surface area contributed by atoms with Crippen LogP contribution in [-0.2, 0) is 20.8 Å². The predicted molar refractivity (Wildman–Crippen MR) is 92.7 cm³/mol. The maximum Gasteiger partial charge on any atom is 0.309 e. The number of carboxylic acid groups (broad SMARTS) is 1. The van der Waals surface area contributed by atoms with Gasteiger partial charge in [0.2, 0.25) is 5.91 Å². The Balaban J connectivity index is 1.80. The smallest absolute Gasteiger partial charge is 0.309 e. The number of hydrogen-bond donors (Lipinski definition) is 3. The highest BCUT2D eigenvalue weighted by atomic mass is 32.1. The lowest BCUT2D eigenvalue weighted by molar-refractivity contribution is -0.384. The van der Waals surface area contributed by atoms with Gasteiger partial charge in [-0.05, 0) is 6.07 Å². The number of nitro groups is 1. The van der Waals surface area contributed by atoms with Gasteiger partial charge < -0.3 is 15.5 Å². The molecule has 1 aliphatic rings. The van der Waals surface area contributed by atoms with Crippen LogP contribution in [0, 0.1) is 10.1 Å². The lowest BCUT2D eigenvalue weighted by Crippen LogP contribution is -2.34. The monoisotopic (exact) mass is 392 g/mol. The van der Waals surface area contributed by atoms with Crippen molar-refractivity contribution in [3.63, 3.8) is 0 Å². The number of hydrogen-bond acceptors (Lipinski definition) is 9. The van der Waals surface area contributed by atoms with E-state index in [1.807, 2.05) is 0 Å². The number of phenols is 1. The van der Waals surface area contributed by atoms with Gasteiger partial charge in [0.1, 0.15) is 11.8 Å². The van der Waals surface area contributed by atoms with Gasteiger partial charge in [-0.2, -0.15) is 0 Å². The zero-order chi connectivity index (χ0) is 19.7. The summed E-state index contributed by atoms with van der Waals surface area (Å²) in [6.45, 7) is 0. The molecular formula is C15H12N4O7S. The van der Waals surface area contributed by atoms with Crippen molar-refractivity contribution in [2.45, 2.75) is 18.9 Å². The molecule has 2 amide bonds. The van der Waals surface area contributed by atoms with Crippen LogP contribution in [0.3, 0.4) is 0 Å². The van der Waals surface area contributed by atoms with Crippen LogP contribution in [0.5, 0.6) is 5.75 Å². The van der Waals surface area contributed by atoms with E-state index in [1.165, 1.54) is 5.38 Å². The molecule has 3 N–H and O–H groups in total. The highest BCUT2D eigenvalue weighted by Gasteiger charge is 2.41. The summed E-state index contributed by atoms with van der Waals surface area (Å²) in [7, 11) is 0. The molecule has 0 radical (unpaired) electrons. The van der Waals surface area contributed by atoms with Crippen LogP contribution in [0.25, 0.3) is 0 Å². The molecule has 0 aliphatic carbocycles. The van der Waals surface area contributed by atoms with E-state index in [4.69, 9.17) is 5.11 Å². The van der Waals surface area contributed by atoms with Gasteiger partial charge in [-0.1, -0.05) is 0 Å². The topological polar surface area (TPSA) is 163 Å². The number of aromatic hydroxyl groups is 1. The largest absolute Gasteiger partial charge is 0.506 e. The summed E-state index contributed by atoms with van der Waals surface area (Å²) in [5, 5.41) is 33.6. The third kappa shape index (κ3) is 3.69. The van der Waals surface area contributed by atoms with Crippen molar-refractivity contribution in [3.05, 3.63) is 39.4 Å². The lowest BCUT2D eigenvalue weighted by Gasteiger charge is -2.14. The minimum atomic E-state index is -1.09. The Morgan fingerprint density at radius 1 is 1.44 bits per heavy atom. The fourth-order valence-electron chi connectivity index (χ4n) is 2.52. The van der Waals surface area contributed by atoms with Gasteiger partial charge in [-0.15, -0.1) is 11.3 Å². The van der Waals surface area contributed by atoms with E-state index in [9.17, 15) is 29.6 Å². The maximum absolute atomic E-state index is 12.6. The van der Waals surface area contributed by atoms with Gasteiger partial charge in [0.05, 0.1) is 29.1 Å². The predicted octanol–water partition coefficient (Wildman–Crippen LogP) is 1.13. The standard InChI is InChI=1S/C15H12N4O7S/c20-11-2-1-8(19(25)26)4-9(11)17-10-5-12(21)18(14(10)24)15-16-7(6-27-15)3-13(22)23/h1-2,4,6,10,17,20H,3,5H2,(H,22,23). The lowest BCUT2D eigenvalue weighted by atomic mass is 10.2. The fraction of sp³-hybridized carbons (Fsp3) is 0.200. The number of carboxylic acids is 1. The van der Waals surface area contributed by atoms with Gasteiger partial charge in [0.15, 0.2) is 5.13 Å². The number of nitrogens with one attached hydrogen (secondary N) is 1. The second-order valence-electron chi connectivity index (χ2n) is 5.62. The number of amides is 2. The second-order valence-corrected chi connectivity index (χ2v) is 6.46. The van der Waals surface area contributed by atoms with Crippen LogP contribution in [0.4, 0.5) is 16.5 Å². The van der Waals surface area contributed by atoms with Crippen molar-refractivity contribution in [3.8, 4) is 5.75 Å². The van der Waals surface area contributed by atoms with E-state index in [1.54, 1.807) is 0 Å². The fourth-order valence-corrected chi connectivity index (χ4v) is 3.37. The number of imide groups is 1. The summed E-state index contributed by atoms with van der Waals surface area (Å²) >= 11 is 0.957. The number of thiazole rings is 1. The molecule has 1 fully saturated rings. The minimum Gasteiger partial charge on any atom is -0.506 e. The molecule has 1 saturated heterocycles. The number of aromatic nitrogens is 1. The first kappa shape index (κ1) is 18.3.